The number of benzene rings is 3. The van der Waals surface area contributed by atoms with Gasteiger partial charge in [0.05, 0.1) is 28.5 Å². The van der Waals surface area contributed by atoms with Crippen LogP contribution in [0, 0.1) is 5.82 Å². The third kappa shape index (κ3) is 5.19. The summed E-state index contributed by atoms with van der Waals surface area (Å²) in [6.07, 6.45) is 1.65. The summed E-state index contributed by atoms with van der Waals surface area (Å²) < 4.78 is 27.2. The lowest BCUT2D eigenvalue weighted by Crippen LogP contribution is -2.40. The molecule has 0 saturated carbocycles. The molecule has 204 valence electrons. The highest BCUT2D eigenvalue weighted by molar-refractivity contribution is 7.07. The summed E-state index contributed by atoms with van der Waals surface area (Å²) in [6, 6.07) is 24.9. The Labute approximate surface area is 242 Å². The van der Waals surface area contributed by atoms with E-state index in [1.54, 1.807) is 43.3 Å². The maximum absolute atomic E-state index is 13.9. The zero-order valence-corrected chi connectivity index (χ0v) is 23.3. The van der Waals surface area contributed by atoms with Crippen molar-refractivity contribution in [1.82, 2.24) is 4.57 Å². The van der Waals surface area contributed by atoms with E-state index in [2.05, 4.69) is 0 Å². The maximum Gasteiger partial charge on any atom is 0.338 e. The number of carbonyl (C=O) groups is 1. The van der Waals surface area contributed by atoms with E-state index >= 15 is 0 Å². The number of halogens is 2. The monoisotopic (exact) mass is 584 g/mol. The van der Waals surface area contributed by atoms with Gasteiger partial charge in [-0.1, -0.05) is 77.5 Å². The lowest BCUT2D eigenvalue weighted by atomic mass is 9.93. The molecule has 1 aliphatic heterocycles. The van der Waals surface area contributed by atoms with E-state index in [0.29, 0.717) is 42.7 Å². The number of aromatic nitrogens is 1. The predicted molar refractivity (Wildman–Crippen MR) is 157 cm³/mol. The summed E-state index contributed by atoms with van der Waals surface area (Å²) >= 11 is 7.31. The van der Waals surface area contributed by atoms with E-state index in [1.807, 2.05) is 48.5 Å². The van der Waals surface area contributed by atoms with Crippen LogP contribution in [0.5, 0.6) is 0 Å². The van der Waals surface area contributed by atoms with Crippen LogP contribution in [0.3, 0.4) is 0 Å². The molecule has 0 spiro atoms. The van der Waals surface area contributed by atoms with Crippen molar-refractivity contribution in [2.24, 2.45) is 4.99 Å². The molecule has 3 heterocycles. The Kier molecular flexibility index (Phi) is 7.26. The molecule has 3 aromatic carbocycles. The fourth-order valence-electron chi connectivity index (χ4n) is 4.76. The Morgan fingerprint density at radius 1 is 1.05 bits per heavy atom. The van der Waals surface area contributed by atoms with Crippen LogP contribution in [0.1, 0.15) is 29.9 Å². The van der Waals surface area contributed by atoms with Crippen molar-refractivity contribution < 1.29 is 18.3 Å². The zero-order valence-electron chi connectivity index (χ0n) is 21.7. The van der Waals surface area contributed by atoms with Crippen molar-refractivity contribution in [3.63, 3.8) is 0 Å². The highest BCUT2D eigenvalue weighted by Crippen LogP contribution is 2.35. The highest BCUT2D eigenvalue weighted by Gasteiger charge is 2.35. The second-order valence-electron chi connectivity index (χ2n) is 9.20. The number of hydrogen-bond donors (Lipinski definition) is 0. The van der Waals surface area contributed by atoms with Crippen LogP contribution in [-0.2, 0) is 9.53 Å². The molecule has 0 radical (unpaired) electrons. The molecule has 6 rings (SSSR count). The second-order valence-corrected chi connectivity index (χ2v) is 10.6. The lowest BCUT2D eigenvalue weighted by molar-refractivity contribution is -0.138. The molecule has 0 bridgehead atoms. The van der Waals surface area contributed by atoms with Crippen molar-refractivity contribution in [3.05, 3.63) is 144 Å². The van der Waals surface area contributed by atoms with Crippen LogP contribution in [-0.4, -0.2) is 17.1 Å². The van der Waals surface area contributed by atoms with Gasteiger partial charge in [-0.25, -0.2) is 14.2 Å². The normalized spacial score (nSPS) is 15.0. The number of thiazole rings is 1. The van der Waals surface area contributed by atoms with Gasteiger partial charge >= 0.3 is 5.97 Å². The minimum atomic E-state index is -0.887. The molecule has 0 amide bonds. The van der Waals surface area contributed by atoms with Gasteiger partial charge in [0, 0.05) is 22.2 Å². The molecule has 5 aromatic rings. The van der Waals surface area contributed by atoms with E-state index < -0.39 is 17.8 Å². The molecule has 0 N–H and O–H groups in total. The van der Waals surface area contributed by atoms with E-state index in [-0.39, 0.29) is 17.7 Å². The summed E-state index contributed by atoms with van der Waals surface area (Å²) in [5.74, 6) is 0.0403. The SMILES string of the molecule is CCOC(=O)C1=C(c2ccccc2)N=c2s/c(=C\c3ccc(-c4cccc(Cl)c4)o3)c(=O)n2C1c1ccc(F)cc1. The van der Waals surface area contributed by atoms with E-state index in [0.717, 1.165) is 5.56 Å². The first-order chi connectivity index (χ1) is 19.9. The molecular formula is C32H22ClFN2O4S. The summed E-state index contributed by atoms with van der Waals surface area (Å²) in [7, 11) is 0. The number of hydrogen-bond acceptors (Lipinski definition) is 6. The fraction of sp³-hybridized carbons (Fsp3) is 0.0938. The van der Waals surface area contributed by atoms with Gasteiger partial charge in [0.2, 0.25) is 0 Å². The van der Waals surface area contributed by atoms with Gasteiger partial charge in [-0.3, -0.25) is 9.36 Å². The van der Waals surface area contributed by atoms with Crippen LogP contribution >= 0.6 is 22.9 Å². The summed E-state index contributed by atoms with van der Waals surface area (Å²) in [5.41, 5.74) is 2.28. The molecule has 0 aliphatic carbocycles. The van der Waals surface area contributed by atoms with Crippen molar-refractivity contribution in [2.45, 2.75) is 13.0 Å². The number of nitrogens with zero attached hydrogens (tertiary/aromatic N) is 2. The van der Waals surface area contributed by atoms with Gasteiger partial charge in [0.15, 0.2) is 4.80 Å². The first-order valence-electron chi connectivity index (χ1n) is 12.8. The molecule has 0 saturated heterocycles. The molecule has 41 heavy (non-hydrogen) atoms. The van der Waals surface area contributed by atoms with E-state index in [1.165, 1.54) is 28.0 Å². The third-order valence-corrected chi connectivity index (χ3v) is 7.79. The van der Waals surface area contributed by atoms with Gasteiger partial charge in [0.1, 0.15) is 17.3 Å². The van der Waals surface area contributed by atoms with Gasteiger partial charge < -0.3 is 9.15 Å². The van der Waals surface area contributed by atoms with Crippen molar-refractivity contribution in [2.75, 3.05) is 6.61 Å². The standard InChI is InChI=1S/C32H22ClFN2O4S/c1-2-39-31(38)27-28(19-7-4-3-5-8-19)35-32-36(29(27)20-11-13-23(34)14-12-20)30(37)26(41-32)18-24-15-16-25(40-24)21-9-6-10-22(33)17-21/h3-18,29H,2H2,1H3/b26-18-. The molecule has 1 aliphatic rings. The zero-order chi connectivity index (χ0) is 28.5. The molecule has 1 atom stereocenters. The van der Waals surface area contributed by atoms with Gasteiger partial charge in [0.25, 0.3) is 5.56 Å². The number of esters is 1. The van der Waals surface area contributed by atoms with Gasteiger partial charge in [-0.15, -0.1) is 0 Å². The predicted octanol–water partition coefficient (Wildman–Crippen LogP) is 5.99. The Hall–Kier alpha value is -4.53. The first-order valence-corrected chi connectivity index (χ1v) is 14.0. The van der Waals surface area contributed by atoms with Crippen molar-refractivity contribution in [1.29, 1.82) is 0 Å². The summed E-state index contributed by atoms with van der Waals surface area (Å²) in [6.45, 7) is 1.85. The number of furan rings is 1. The number of fused-ring (bicyclic) bond motifs is 1. The van der Waals surface area contributed by atoms with E-state index in [4.69, 9.17) is 25.7 Å². The largest absolute Gasteiger partial charge is 0.463 e. The number of carbonyl (C=O) groups excluding carboxylic acids is 1. The maximum atomic E-state index is 13.9. The second kappa shape index (κ2) is 11.2. The Balaban J connectivity index is 1.56. The lowest BCUT2D eigenvalue weighted by Gasteiger charge is -2.25. The number of rotatable bonds is 6. The Morgan fingerprint density at radius 3 is 2.54 bits per heavy atom. The quantitative estimate of drug-likeness (QED) is 0.230. The van der Waals surface area contributed by atoms with Crippen LogP contribution in [0.25, 0.3) is 23.1 Å². The molecule has 9 heteroatoms. The average molecular weight is 585 g/mol. The van der Waals surface area contributed by atoms with Crippen LogP contribution in [0.15, 0.2) is 111 Å². The summed E-state index contributed by atoms with van der Waals surface area (Å²) in [5, 5.41) is 0.584. The molecular weight excluding hydrogens is 563 g/mol. The number of ether oxygens (including phenoxy) is 1. The Morgan fingerprint density at radius 2 is 1.80 bits per heavy atom. The van der Waals surface area contributed by atoms with E-state index in [9.17, 15) is 14.0 Å². The van der Waals surface area contributed by atoms with Gasteiger partial charge in [-0.2, -0.15) is 0 Å². The molecule has 1 unspecified atom stereocenters. The Bertz CT molecular complexity index is 1970. The van der Waals surface area contributed by atoms with Crippen LogP contribution in [0.2, 0.25) is 5.02 Å². The minimum Gasteiger partial charge on any atom is -0.463 e. The molecule has 6 nitrogen and oxygen atoms in total. The molecule has 0 fully saturated rings. The topological polar surface area (TPSA) is 73.8 Å². The van der Waals surface area contributed by atoms with Crippen molar-refractivity contribution in [3.8, 4) is 11.3 Å². The van der Waals surface area contributed by atoms with Gasteiger partial charge in [-0.05, 0) is 48.9 Å². The smallest absolute Gasteiger partial charge is 0.338 e. The fourth-order valence-corrected chi connectivity index (χ4v) is 5.93. The summed E-state index contributed by atoms with van der Waals surface area (Å²) in [4.78, 5) is 32.6. The molecule has 2 aromatic heterocycles. The first kappa shape index (κ1) is 26.7. The minimum absolute atomic E-state index is 0.137. The highest BCUT2D eigenvalue weighted by atomic mass is 35.5. The van der Waals surface area contributed by atoms with Crippen LogP contribution in [0.4, 0.5) is 4.39 Å². The van der Waals surface area contributed by atoms with Crippen LogP contribution < -0.4 is 14.9 Å². The average Bonchev–Trinajstić information content (AvgIpc) is 3.57. The third-order valence-electron chi connectivity index (χ3n) is 6.57. The van der Waals surface area contributed by atoms with Crippen molar-refractivity contribution >= 4 is 40.7 Å².